The zero-order chi connectivity index (χ0) is 13.9. The molecular weight excluding hydrogens is 238 g/mol. The smallest absolute Gasteiger partial charge is 0.253 e. The molecule has 1 unspecified atom stereocenters. The lowest BCUT2D eigenvalue weighted by Crippen LogP contribution is -2.34. The summed E-state index contributed by atoms with van der Waals surface area (Å²) in [4.78, 5) is 16.4. The lowest BCUT2D eigenvalue weighted by atomic mass is 9.92. The van der Waals surface area contributed by atoms with Crippen LogP contribution in [0.2, 0.25) is 0 Å². The number of rotatable bonds is 4. The van der Waals surface area contributed by atoms with E-state index in [1.165, 1.54) is 6.42 Å². The first-order valence-corrected chi connectivity index (χ1v) is 7.00. The number of amides is 1. The van der Waals surface area contributed by atoms with Gasteiger partial charge in [-0.15, -0.1) is 0 Å². The zero-order valence-electron chi connectivity index (χ0n) is 12.0. The predicted octanol–water partition coefficient (Wildman–Crippen LogP) is 2.82. The number of nitrogens with zero attached hydrogens (tertiary/aromatic N) is 1. The van der Waals surface area contributed by atoms with Gasteiger partial charge in [-0.1, -0.05) is 13.8 Å². The molecule has 19 heavy (non-hydrogen) atoms. The first kappa shape index (κ1) is 13.8. The van der Waals surface area contributed by atoms with E-state index in [4.69, 9.17) is 0 Å². The second kappa shape index (κ2) is 5.59. The van der Waals surface area contributed by atoms with Crippen molar-refractivity contribution in [3.8, 4) is 0 Å². The molecule has 1 heterocycles. The predicted molar refractivity (Wildman–Crippen MR) is 77.3 cm³/mol. The number of hydrogen-bond acceptors (Lipinski definition) is 3. The number of nitrogens with one attached hydrogen (secondary N) is 2. The van der Waals surface area contributed by atoms with Crippen molar-refractivity contribution in [2.75, 3.05) is 11.9 Å². The Morgan fingerprint density at radius 2 is 2.32 bits per heavy atom. The number of hydrogen-bond donors (Lipinski definition) is 2. The summed E-state index contributed by atoms with van der Waals surface area (Å²) in [5, 5.41) is 6.32. The van der Waals surface area contributed by atoms with E-state index < -0.39 is 0 Å². The third-order valence-electron chi connectivity index (χ3n) is 3.74. The summed E-state index contributed by atoms with van der Waals surface area (Å²) < 4.78 is 0. The molecule has 1 aliphatic carbocycles. The number of pyridine rings is 1. The maximum absolute atomic E-state index is 12.3. The van der Waals surface area contributed by atoms with Crippen molar-refractivity contribution < 1.29 is 4.79 Å². The van der Waals surface area contributed by atoms with Gasteiger partial charge in [-0.05, 0) is 37.7 Å². The highest BCUT2D eigenvalue weighted by molar-refractivity contribution is 5.99. The molecule has 2 rings (SSSR count). The molecule has 2 N–H and O–H groups in total. The highest BCUT2D eigenvalue weighted by atomic mass is 16.1. The quantitative estimate of drug-likeness (QED) is 0.876. The van der Waals surface area contributed by atoms with Gasteiger partial charge in [-0.25, -0.2) is 0 Å². The van der Waals surface area contributed by atoms with Gasteiger partial charge in [0.15, 0.2) is 0 Å². The molecule has 104 valence electrons. The summed E-state index contributed by atoms with van der Waals surface area (Å²) >= 11 is 0. The average molecular weight is 261 g/mol. The van der Waals surface area contributed by atoms with E-state index in [9.17, 15) is 4.79 Å². The first-order valence-electron chi connectivity index (χ1n) is 7.00. The minimum Gasteiger partial charge on any atom is -0.383 e. The highest BCUT2D eigenvalue weighted by Gasteiger charge is 2.32. The van der Waals surface area contributed by atoms with Gasteiger partial charge >= 0.3 is 0 Å². The molecule has 1 aliphatic rings. The summed E-state index contributed by atoms with van der Waals surface area (Å²) in [5.41, 5.74) is 1.84. The SMILES string of the molecule is CCNc1cnccc1C(=O)NC1CCC(C)(C)C1. The van der Waals surface area contributed by atoms with E-state index >= 15 is 0 Å². The third-order valence-corrected chi connectivity index (χ3v) is 3.74. The van der Waals surface area contributed by atoms with E-state index in [1.807, 2.05) is 6.92 Å². The van der Waals surface area contributed by atoms with Crippen LogP contribution in [0.5, 0.6) is 0 Å². The number of aromatic nitrogens is 1. The second-order valence-corrected chi connectivity index (χ2v) is 6.03. The monoisotopic (exact) mass is 261 g/mol. The van der Waals surface area contributed by atoms with Crippen molar-refractivity contribution >= 4 is 11.6 Å². The van der Waals surface area contributed by atoms with Crippen LogP contribution in [0.25, 0.3) is 0 Å². The average Bonchev–Trinajstić information content (AvgIpc) is 2.69. The molecule has 4 nitrogen and oxygen atoms in total. The van der Waals surface area contributed by atoms with Gasteiger partial charge in [0.05, 0.1) is 17.4 Å². The Kier molecular flexibility index (Phi) is 4.08. The van der Waals surface area contributed by atoms with Crippen LogP contribution in [-0.2, 0) is 0 Å². The van der Waals surface area contributed by atoms with Crippen LogP contribution in [0, 0.1) is 5.41 Å². The topological polar surface area (TPSA) is 54.0 Å². The zero-order valence-corrected chi connectivity index (χ0v) is 12.0. The normalized spacial score (nSPS) is 21.1. The Hall–Kier alpha value is -1.58. The lowest BCUT2D eigenvalue weighted by molar-refractivity contribution is 0.0936. The van der Waals surface area contributed by atoms with Crippen LogP contribution in [0.3, 0.4) is 0 Å². The Bertz CT molecular complexity index is 456. The first-order chi connectivity index (χ1) is 9.02. The molecule has 1 aromatic heterocycles. The van der Waals surface area contributed by atoms with Crippen molar-refractivity contribution in [2.45, 2.75) is 46.1 Å². The fraction of sp³-hybridized carbons (Fsp3) is 0.600. The second-order valence-electron chi connectivity index (χ2n) is 6.03. The van der Waals surface area contributed by atoms with Crippen LogP contribution in [-0.4, -0.2) is 23.5 Å². The van der Waals surface area contributed by atoms with Crippen LogP contribution >= 0.6 is 0 Å². The Morgan fingerprint density at radius 3 is 2.95 bits per heavy atom. The minimum atomic E-state index is 0.000972. The summed E-state index contributed by atoms with van der Waals surface area (Å²) in [7, 11) is 0. The van der Waals surface area contributed by atoms with Gasteiger partial charge in [0.2, 0.25) is 0 Å². The van der Waals surface area contributed by atoms with E-state index in [-0.39, 0.29) is 5.91 Å². The van der Waals surface area contributed by atoms with Gasteiger partial charge in [0, 0.05) is 18.8 Å². The molecule has 4 heteroatoms. The summed E-state index contributed by atoms with van der Waals surface area (Å²) in [6.07, 6.45) is 6.67. The van der Waals surface area contributed by atoms with Crippen molar-refractivity contribution in [1.29, 1.82) is 0 Å². The standard InChI is InChI=1S/C15H23N3O/c1-4-17-13-10-16-8-6-12(13)14(19)18-11-5-7-15(2,3)9-11/h6,8,10-11,17H,4-5,7,9H2,1-3H3,(H,18,19). The largest absolute Gasteiger partial charge is 0.383 e. The number of anilines is 1. The van der Waals surface area contributed by atoms with Crippen LogP contribution in [0.4, 0.5) is 5.69 Å². The third kappa shape index (κ3) is 3.46. The van der Waals surface area contributed by atoms with Crippen LogP contribution < -0.4 is 10.6 Å². The Morgan fingerprint density at radius 1 is 1.53 bits per heavy atom. The molecule has 0 spiro atoms. The van der Waals surface area contributed by atoms with Crippen molar-refractivity contribution in [3.63, 3.8) is 0 Å². The van der Waals surface area contributed by atoms with Gasteiger partial charge in [-0.3, -0.25) is 9.78 Å². The van der Waals surface area contributed by atoms with Gasteiger partial charge in [0.25, 0.3) is 5.91 Å². The van der Waals surface area contributed by atoms with Crippen molar-refractivity contribution in [1.82, 2.24) is 10.3 Å². The van der Waals surface area contributed by atoms with Crippen LogP contribution in [0.1, 0.15) is 50.4 Å². The molecule has 0 saturated heterocycles. The molecule has 1 atom stereocenters. The number of carbonyl (C=O) groups excluding carboxylic acids is 1. The van der Waals surface area contributed by atoms with E-state index in [1.54, 1.807) is 18.5 Å². The molecule has 0 aromatic carbocycles. The van der Waals surface area contributed by atoms with Crippen molar-refractivity contribution in [2.24, 2.45) is 5.41 Å². The fourth-order valence-electron chi connectivity index (χ4n) is 2.75. The van der Waals surface area contributed by atoms with E-state index in [0.29, 0.717) is 17.0 Å². The molecule has 1 aromatic rings. The van der Waals surface area contributed by atoms with E-state index in [2.05, 4.69) is 29.5 Å². The van der Waals surface area contributed by atoms with Gasteiger partial charge in [0.1, 0.15) is 0 Å². The Balaban J connectivity index is 2.04. The molecular formula is C15H23N3O. The molecule has 0 bridgehead atoms. The summed E-state index contributed by atoms with van der Waals surface area (Å²) in [5.74, 6) is 0.000972. The summed E-state index contributed by atoms with van der Waals surface area (Å²) in [6.45, 7) is 7.31. The highest BCUT2D eigenvalue weighted by Crippen LogP contribution is 2.37. The lowest BCUT2D eigenvalue weighted by Gasteiger charge is -2.18. The fourth-order valence-corrected chi connectivity index (χ4v) is 2.75. The molecule has 1 fully saturated rings. The maximum atomic E-state index is 12.3. The number of carbonyl (C=O) groups is 1. The van der Waals surface area contributed by atoms with E-state index in [0.717, 1.165) is 25.1 Å². The molecule has 1 amide bonds. The Labute approximate surface area is 115 Å². The van der Waals surface area contributed by atoms with Gasteiger partial charge < -0.3 is 10.6 Å². The molecule has 0 radical (unpaired) electrons. The van der Waals surface area contributed by atoms with Crippen molar-refractivity contribution in [3.05, 3.63) is 24.0 Å². The molecule has 0 aliphatic heterocycles. The van der Waals surface area contributed by atoms with Crippen LogP contribution in [0.15, 0.2) is 18.5 Å². The summed E-state index contributed by atoms with van der Waals surface area (Å²) in [6, 6.07) is 2.07. The maximum Gasteiger partial charge on any atom is 0.253 e. The van der Waals surface area contributed by atoms with Gasteiger partial charge in [-0.2, -0.15) is 0 Å². The minimum absolute atomic E-state index is 0.000972. The molecule has 1 saturated carbocycles.